The summed E-state index contributed by atoms with van der Waals surface area (Å²) in [5.41, 5.74) is 14.0. The third-order valence-corrected chi connectivity index (χ3v) is 13.7. The SMILES string of the molecule is C1=CC(c2ccc3sc4c(c3c2)CCC=C4)=C(N(c2ccccc2)c2ccc3c(c2)Oc2ccc4c(c2O3)-c2ccccc2C4(c2ccccc2)c2ccccc2)CC1. The third-order valence-electron chi connectivity index (χ3n) is 12.5. The largest absolute Gasteiger partial charge is 0.449 e. The zero-order valence-electron chi connectivity index (χ0n) is 32.4. The Morgan fingerprint density at radius 3 is 2.07 bits per heavy atom. The minimum absolute atomic E-state index is 0.516. The fraction of sp³-hybridized carbons (Fsp3) is 0.0909. The van der Waals surface area contributed by atoms with Gasteiger partial charge in [-0.15, -0.1) is 11.3 Å². The average molecular weight is 778 g/mol. The first kappa shape index (κ1) is 34.2. The Hall–Kier alpha value is -6.88. The van der Waals surface area contributed by atoms with Crippen LogP contribution in [-0.4, -0.2) is 0 Å². The van der Waals surface area contributed by atoms with Crippen molar-refractivity contribution in [1.29, 1.82) is 0 Å². The van der Waals surface area contributed by atoms with Gasteiger partial charge in [0, 0.05) is 43.9 Å². The second-order valence-corrected chi connectivity index (χ2v) is 16.8. The van der Waals surface area contributed by atoms with Crippen molar-refractivity contribution < 1.29 is 9.47 Å². The standard InChI is InChI=1S/C55H39NO2S/c1-4-16-37(17-5-1)55(38-18-6-2-7-19-38)45-25-13-10-24-43(45)53-46(55)30-32-49-54(53)58-48-31-29-40(35-50(48)57-49)56(39-20-8-3-9-21-39)47-26-14-11-22-41(47)36-28-33-52-44(34-36)42-23-12-15-27-51(42)59-52/h1-11,13,15-22,24-25,27-35H,12,14,23,26H2. The third kappa shape index (κ3) is 5.26. The Morgan fingerprint density at radius 2 is 1.25 bits per heavy atom. The number of benzene rings is 7. The van der Waals surface area contributed by atoms with Gasteiger partial charge in [-0.3, -0.25) is 0 Å². The lowest BCUT2D eigenvalue weighted by Gasteiger charge is -2.34. The molecule has 8 aromatic rings. The molecule has 282 valence electrons. The first-order valence-electron chi connectivity index (χ1n) is 20.6. The number of anilines is 2. The predicted octanol–water partition coefficient (Wildman–Crippen LogP) is 15.0. The summed E-state index contributed by atoms with van der Waals surface area (Å²) >= 11 is 1.91. The van der Waals surface area contributed by atoms with Gasteiger partial charge in [-0.25, -0.2) is 0 Å². The summed E-state index contributed by atoms with van der Waals surface area (Å²) in [5.74, 6) is 2.88. The van der Waals surface area contributed by atoms with Gasteiger partial charge in [-0.05, 0) is 119 Å². The van der Waals surface area contributed by atoms with E-state index in [0.717, 1.165) is 53.9 Å². The van der Waals surface area contributed by atoms with Crippen molar-refractivity contribution in [3.8, 4) is 34.1 Å². The lowest BCUT2D eigenvalue weighted by Crippen LogP contribution is -2.28. The van der Waals surface area contributed by atoms with E-state index in [-0.39, 0.29) is 0 Å². The monoisotopic (exact) mass is 777 g/mol. The first-order chi connectivity index (χ1) is 29.3. The predicted molar refractivity (Wildman–Crippen MR) is 243 cm³/mol. The number of rotatable bonds is 6. The molecule has 1 aromatic heterocycles. The second-order valence-electron chi connectivity index (χ2n) is 15.7. The van der Waals surface area contributed by atoms with Gasteiger partial charge in [0.25, 0.3) is 0 Å². The van der Waals surface area contributed by atoms with E-state index in [1.165, 1.54) is 59.6 Å². The van der Waals surface area contributed by atoms with Crippen molar-refractivity contribution in [3.05, 3.63) is 226 Å². The number of ether oxygens (including phenoxy) is 2. The van der Waals surface area contributed by atoms with Crippen LogP contribution in [0.25, 0.3) is 32.9 Å². The summed E-state index contributed by atoms with van der Waals surface area (Å²) in [5, 5.41) is 1.39. The molecular weight excluding hydrogens is 739 g/mol. The number of aryl methyl sites for hydroxylation is 1. The molecule has 59 heavy (non-hydrogen) atoms. The quantitative estimate of drug-likeness (QED) is 0.168. The molecule has 0 bridgehead atoms. The van der Waals surface area contributed by atoms with Crippen LogP contribution in [0, 0.1) is 0 Å². The zero-order chi connectivity index (χ0) is 38.9. The number of nitrogens with zero attached hydrogens (tertiary/aromatic N) is 1. The number of allylic oxidation sites excluding steroid dienone is 5. The van der Waals surface area contributed by atoms with E-state index in [0.29, 0.717) is 17.2 Å². The van der Waals surface area contributed by atoms with Gasteiger partial charge in [0.05, 0.1) is 5.41 Å². The molecule has 0 amide bonds. The number of para-hydroxylation sites is 1. The molecule has 0 fully saturated rings. The van der Waals surface area contributed by atoms with Gasteiger partial charge < -0.3 is 14.4 Å². The van der Waals surface area contributed by atoms with E-state index in [1.54, 1.807) is 0 Å². The Morgan fingerprint density at radius 1 is 0.542 bits per heavy atom. The van der Waals surface area contributed by atoms with Crippen LogP contribution in [0.1, 0.15) is 57.5 Å². The zero-order valence-corrected chi connectivity index (χ0v) is 33.2. The molecule has 0 N–H and O–H groups in total. The van der Waals surface area contributed by atoms with Crippen LogP contribution in [0.3, 0.4) is 0 Å². The van der Waals surface area contributed by atoms with E-state index in [1.807, 2.05) is 11.3 Å². The highest BCUT2D eigenvalue weighted by atomic mass is 32.1. The van der Waals surface area contributed by atoms with Gasteiger partial charge in [0.2, 0.25) is 0 Å². The van der Waals surface area contributed by atoms with Crippen LogP contribution in [-0.2, 0) is 11.8 Å². The van der Waals surface area contributed by atoms with Crippen LogP contribution in [0.15, 0.2) is 188 Å². The normalized spacial score (nSPS) is 15.4. The molecule has 0 saturated carbocycles. The van der Waals surface area contributed by atoms with Crippen molar-refractivity contribution in [3.63, 3.8) is 0 Å². The van der Waals surface area contributed by atoms with E-state index >= 15 is 0 Å². The molecule has 0 atom stereocenters. The molecule has 0 saturated heterocycles. The lowest BCUT2D eigenvalue weighted by atomic mass is 9.68. The Labute approximate surface area is 348 Å². The second kappa shape index (κ2) is 13.6. The fourth-order valence-electron chi connectivity index (χ4n) is 10.0. The maximum absolute atomic E-state index is 7.03. The number of thiophene rings is 1. The van der Waals surface area contributed by atoms with E-state index in [9.17, 15) is 0 Å². The summed E-state index contributed by atoms with van der Waals surface area (Å²) < 4.78 is 15.3. The molecule has 2 heterocycles. The van der Waals surface area contributed by atoms with Crippen LogP contribution in [0.5, 0.6) is 23.0 Å². The van der Waals surface area contributed by atoms with Crippen molar-refractivity contribution in [1.82, 2.24) is 0 Å². The van der Waals surface area contributed by atoms with Crippen LogP contribution >= 0.6 is 11.3 Å². The highest BCUT2D eigenvalue weighted by molar-refractivity contribution is 7.20. The molecule has 4 aliphatic rings. The van der Waals surface area contributed by atoms with Gasteiger partial charge in [0.1, 0.15) is 0 Å². The summed E-state index contributed by atoms with van der Waals surface area (Å²) in [7, 11) is 0. The lowest BCUT2D eigenvalue weighted by molar-refractivity contribution is 0.360. The molecule has 3 aliphatic carbocycles. The van der Waals surface area contributed by atoms with Crippen LogP contribution in [0.2, 0.25) is 0 Å². The van der Waals surface area contributed by atoms with Crippen molar-refractivity contribution in [2.45, 2.75) is 31.1 Å². The number of hydrogen-bond donors (Lipinski definition) is 0. The van der Waals surface area contributed by atoms with Crippen molar-refractivity contribution in [2.75, 3.05) is 4.90 Å². The molecule has 7 aromatic carbocycles. The topological polar surface area (TPSA) is 21.7 Å². The summed E-state index contributed by atoms with van der Waals surface area (Å²) in [6, 6.07) is 59.1. The summed E-state index contributed by atoms with van der Waals surface area (Å²) in [6.45, 7) is 0. The molecular formula is C55H39NO2S. The van der Waals surface area contributed by atoms with E-state index in [4.69, 9.17) is 9.47 Å². The fourth-order valence-corrected chi connectivity index (χ4v) is 11.2. The van der Waals surface area contributed by atoms with Crippen LogP contribution < -0.4 is 14.4 Å². The van der Waals surface area contributed by atoms with Crippen molar-refractivity contribution >= 4 is 44.4 Å². The highest BCUT2D eigenvalue weighted by Crippen LogP contribution is 2.62. The summed E-state index contributed by atoms with van der Waals surface area (Å²) in [4.78, 5) is 3.82. The Bertz CT molecular complexity index is 3010. The minimum Gasteiger partial charge on any atom is -0.449 e. The number of hydrogen-bond acceptors (Lipinski definition) is 4. The Balaban J connectivity index is 0.985. The van der Waals surface area contributed by atoms with Gasteiger partial charge in [-0.2, -0.15) is 0 Å². The van der Waals surface area contributed by atoms with Crippen molar-refractivity contribution in [2.24, 2.45) is 0 Å². The minimum atomic E-state index is -0.516. The highest BCUT2D eigenvalue weighted by Gasteiger charge is 2.48. The average Bonchev–Trinajstić information content (AvgIpc) is 3.83. The maximum atomic E-state index is 7.03. The molecule has 0 radical (unpaired) electrons. The molecule has 0 spiro atoms. The van der Waals surface area contributed by atoms with Gasteiger partial charge >= 0.3 is 0 Å². The maximum Gasteiger partial charge on any atom is 0.178 e. The van der Waals surface area contributed by atoms with Gasteiger partial charge in [-0.1, -0.05) is 133 Å². The van der Waals surface area contributed by atoms with Crippen LogP contribution in [0.4, 0.5) is 11.4 Å². The first-order valence-corrected chi connectivity index (χ1v) is 21.4. The molecule has 0 unspecified atom stereocenters. The van der Waals surface area contributed by atoms with E-state index < -0.39 is 5.41 Å². The molecule has 4 heteroatoms. The molecule has 12 rings (SSSR count). The van der Waals surface area contributed by atoms with E-state index in [2.05, 4.69) is 193 Å². The summed E-state index contributed by atoms with van der Waals surface area (Å²) in [6.07, 6.45) is 13.3. The molecule has 1 aliphatic heterocycles. The van der Waals surface area contributed by atoms with Gasteiger partial charge in [0.15, 0.2) is 23.0 Å². The number of fused-ring (bicyclic) bond motifs is 9. The smallest absolute Gasteiger partial charge is 0.178 e. The Kier molecular flexibility index (Phi) is 7.89. The molecule has 3 nitrogen and oxygen atoms in total.